The molecule has 0 aliphatic carbocycles. The summed E-state index contributed by atoms with van der Waals surface area (Å²) in [5.41, 5.74) is 5.32. The number of ether oxygens (including phenoxy) is 1. The van der Waals surface area contributed by atoms with Gasteiger partial charge in [-0.2, -0.15) is 12.1 Å². The Kier molecular flexibility index (Phi) is 17.7. The van der Waals surface area contributed by atoms with Crippen LogP contribution < -0.4 is 54.4 Å². The van der Waals surface area contributed by atoms with Gasteiger partial charge < -0.3 is 54.4 Å². The van der Waals surface area contributed by atoms with E-state index in [1.54, 1.807) is 7.11 Å². The van der Waals surface area contributed by atoms with E-state index in [-0.39, 0.29) is 75.8 Å². The summed E-state index contributed by atoms with van der Waals surface area (Å²) >= 11 is 0. The molecule has 5 rings (SSSR count). The fourth-order valence-corrected chi connectivity index (χ4v) is 4.21. The van der Waals surface area contributed by atoms with Crippen LogP contribution in [0.4, 0.5) is 0 Å². The molecule has 0 unspecified atom stereocenters. The van der Waals surface area contributed by atoms with Crippen LogP contribution in [0.25, 0.3) is 32.7 Å². The van der Waals surface area contributed by atoms with E-state index >= 15 is 0 Å². The first-order valence-electron chi connectivity index (χ1n) is 11.0. The third kappa shape index (κ3) is 9.23. The fraction of sp³-hybridized carbons (Fsp3) is 0.200. The molecule has 0 N–H and O–H groups in total. The second kappa shape index (κ2) is 17.3. The van der Waals surface area contributed by atoms with Crippen molar-refractivity contribution in [1.82, 2.24) is 0 Å². The van der Waals surface area contributed by atoms with Gasteiger partial charge in [0.1, 0.15) is 5.75 Å². The van der Waals surface area contributed by atoms with E-state index in [9.17, 15) is 0 Å². The zero-order chi connectivity index (χ0) is 21.8. The van der Waals surface area contributed by atoms with Crippen molar-refractivity contribution in [2.75, 3.05) is 7.11 Å². The summed E-state index contributed by atoms with van der Waals surface area (Å²) in [6.07, 6.45) is 1.14. The minimum absolute atomic E-state index is 0. The zero-order valence-corrected chi connectivity index (χ0v) is 26.3. The maximum Gasteiger partial charge on any atom is 4.00 e. The maximum atomic E-state index is 5.24. The average Bonchev–Trinajstić information content (AvgIpc) is 3.35. The molecule has 0 aliphatic heterocycles. The number of benzene rings is 3. The van der Waals surface area contributed by atoms with Crippen LogP contribution in [0, 0.1) is 12.8 Å². The molecule has 0 spiro atoms. The number of rotatable bonds is 4. The van der Waals surface area contributed by atoms with Gasteiger partial charge in [0.05, 0.1) is 7.11 Å². The molecule has 0 aliphatic rings. The number of methoxy groups -OCH3 is 1. The van der Waals surface area contributed by atoms with E-state index in [2.05, 4.69) is 99.6 Å². The predicted molar refractivity (Wildman–Crippen MR) is 134 cm³/mol. The Morgan fingerprint density at radius 3 is 2.00 bits per heavy atom. The second-order valence-electron chi connectivity index (χ2n) is 8.66. The molecule has 1 nitrogen and oxygen atoms in total. The van der Waals surface area contributed by atoms with Crippen LogP contribution in [0.5, 0.6) is 5.75 Å². The summed E-state index contributed by atoms with van der Waals surface area (Å²) in [6.45, 7) is 6.66. The Bertz CT molecular complexity index is 1260. The smallest absolute Gasteiger partial charge is 1.00 e. The van der Waals surface area contributed by atoms with Crippen molar-refractivity contribution in [2.45, 2.75) is 27.2 Å². The molecule has 190 valence electrons. The van der Waals surface area contributed by atoms with Crippen LogP contribution in [-0.2, 0) is 32.6 Å². The van der Waals surface area contributed by atoms with Gasteiger partial charge in [0.15, 0.2) is 0 Å². The molecule has 0 bridgehead atoms. The Hall–Kier alpha value is -1.28. The third-order valence-corrected chi connectivity index (χ3v) is 5.62. The molecule has 6 heteroatoms. The normalized spacial score (nSPS) is 9.47. The molecule has 0 aromatic heterocycles. The van der Waals surface area contributed by atoms with Gasteiger partial charge in [-0.15, -0.1) is 75.1 Å². The Morgan fingerprint density at radius 2 is 1.39 bits per heavy atom. The van der Waals surface area contributed by atoms with E-state index in [4.69, 9.17) is 4.74 Å². The van der Waals surface area contributed by atoms with Crippen LogP contribution in [0.1, 0.15) is 25.0 Å². The predicted octanol–water partition coefficient (Wildman–Crippen LogP) is -3.69. The minimum atomic E-state index is 0. The number of fused-ring (bicyclic) bond motifs is 2. The third-order valence-electron chi connectivity index (χ3n) is 5.62. The number of aryl methyl sites for hydroxylation is 1. The van der Waals surface area contributed by atoms with Crippen LogP contribution in [0.15, 0.2) is 91.0 Å². The Balaban J connectivity index is 0. The molecule has 36 heavy (non-hydrogen) atoms. The van der Waals surface area contributed by atoms with Crippen molar-refractivity contribution in [3.63, 3.8) is 0 Å². The van der Waals surface area contributed by atoms with Gasteiger partial charge in [0, 0.05) is 0 Å². The van der Waals surface area contributed by atoms with Crippen LogP contribution in [0.2, 0.25) is 0 Å². The van der Waals surface area contributed by atoms with Crippen molar-refractivity contribution in [3.05, 3.63) is 102 Å². The number of hydrogen-bond donors (Lipinski definition) is 0. The Morgan fingerprint density at radius 1 is 0.750 bits per heavy atom. The molecular weight excluding hydrogens is 609 g/mol. The van der Waals surface area contributed by atoms with Crippen molar-refractivity contribution in [1.29, 1.82) is 0 Å². The van der Waals surface area contributed by atoms with Gasteiger partial charge >= 0.3 is 26.2 Å². The van der Waals surface area contributed by atoms with Gasteiger partial charge in [-0.25, -0.2) is 0 Å². The summed E-state index contributed by atoms with van der Waals surface area (Å²) < 4.78 is 5.24. The van der Waals surface area contributed by atoms with Gasteiger partial charge in [-0.1, -0.05) is 50.6 Å². The molecule has 0 radical (unpaired) electrons. The average molecular weight is 640 g/mol. The van der Waals surface area contributed by atoms with Gasteiger partial charge in [0.25, 0.3) is 0 Å². The van der Waals surface area contributed by atoms with Gasteiger partial charge in [-0.3, -0.25) is 0 Å². The SMILES string of the molecule is COc1ccc(-c2cccc3[cH-]c(CC(C)C)cc23)cc1.Cc1cc2ccccc2[cH-]1.[Cl-].[Cl-].[Cl-].[Cl-].[Zr+4]. The summed E-state index contributed by atoms with van der Waals surface area (Å²) in [4.78, 5) is 0. The first-order chi connectivity index (χ1) is 15.0. The summed E-state index contributed by atoms with van der Waals surface area (Å²) in [5.74, 6) is 1.58. The summed E-state index contributed by atoms with van der Waals surface area (Å²) in [7, 11) is 1.70. The minimum Gasteiger partial charge on any atom is -1.00 e. The first-order valence-corrected chi connectivity index (χ1v) is 11.0. The van der Waals surface area contributed by atoms with Crippen molar-refractivity contribution in [3.8, 4) is 16.9 Å². The van der Waals surface area contributed by atoms with Crippen molar-refractivity contribution >= 4 is 21.5 Å². The number of hydrogen-bond acceptors (Lipinski definition) is 1. The van der Waals surface area contributed by atoms with E-state index in [1.807, 2.05) is 12.1 Å². The largest absolute Gasteiger partial charge is 4.00 e. The van der Waals surface area contributed by atoms with Gasteiger partial charge in [0.2, 0.25) is 0 Å². The molecule has 5 aromatic carbocycles. The molecule has 0 heterocycles. The molecule has 5 aromatic rings. The van der Waals surface area contributed by atoms with Crippen LogP contribution >= 0.6 is 0 Å². The molecule has 0 saturated heterocycles. The molecular formula is C30H30Cl4OZr-2. The summed E-state index contributed by atoms with van der Waals surface area (Å²) in [6, 6.07) is 32.3. The molecule has 0 amide bonds. The zero-order valence-electron chi connectivity index (χ0n) is 20.9. The van der Waals surface area contributed by atoms with Crippen LogP contribution in [-0.4, -0.2) is 7.11 Å². The van der Waals surface area contributed by atoms with E-state index in [0.717, 1.165) is 12.2 Å². The van der Waals surface area contributed by atoms with Crippen LogP contribution in [0.3, 0.4) is 0 Å². The first kappa shape index (κ1) is 36.9. The number of halogens is 4. The molecule has 0 fully saturated rings. The molecule has 0 saturated carbocycles. The van der Waals surface area contributed by atoms with Crippen molar-refractivity contribution in [2.24, 2.45) is 5.92 Å². The topological polar surface area (TPSA) is 9.23 Å². The Labute approximate surface area is 259 Å². The standard InChI is InChI=1S/C20H21O.C10H9.4ClH.Zr/c1-14(2)11-15-12-17-5-4-6-19(20(17)13-15)16-7-9-18(21-3)10-8-16;1-8-6-9-4-2-3-5-10(9)7-8;;;;;/h4-10,12-14H,11H2,1-3H3;2-7H,1H3;4*1H;/q2*-1;;;;;+4/p-4. The fourth-order valence-electron chi connectivity index (χ4n) is 4.21. The molecule has 0 atom stereocenters. The van der Waals surface area contributed by atoms with E-state index in [1.165, 1.54) is 43.8 Å². The van der Waals surface area contributed by atoms with Crippen molar-refractivity contribution < 1.29 is 80.6 Å². The second-order valence-corrected chi connectivity index (χ2v) is 8.66. The monoisotopic (exact) mass is 636 g/mol. The quantitative estimate of drug-likeness (QED) is 0.184. The summed E-state index contributed by atoms with van der Waals surface area (Å²) in [5, 5.41) is 5.37. The maximum absolute atomic E-state index is 5.24. The van der Waals surface area contributed by atoms with Gasteiger partial charge in [-0.05, 0) is 30.0 Å². The van der Waals surface area contributed by atoms with E-state index in [0.29, 0.717) is 5.92 Å². The van der Waals surface area contributed by atoms with E-state index < -0.39 is 0 Å².